The van der Waals surface area contributed by atoms with Crippen LogP contribution in [0.3, 0.4) is 0 Å². The van der Waals surface area contributed by atoms with Crippen LogP contribution in [0.2, 0.25) is 10.0 Å². The van der Waals surface area contributed by atoms with Crippen molar-refractivity contribution < 1.29 is 27.5 Å². The normalized spacial score (nSPS) is 12.6. The Hall–Kier alpha value is -3.47. The van der Waals surface area contributed by atoms with Gasteiger partial charge < -0.3 is 19.7 Å². The molecule has 0 unspecified atom stereocenters. The van der Waals surface area contributed by atoms with Crippen molar-refractivity contribution in [3.8, 4) is 11.5 Å². The molecule has 0 aliphatic carbocycles. The third-order valence-corrected chi connectivity index (χ3v) is 9.52. The second kappa shape index (κ2) is 15.3. The van der Waals surface area contributed by atoms with E-state index in [4.69, 9.17) is 32.7 Å². The molecule has 1 N–H and O–H groups in total. The van der Waals surface area contributed by atoms with Crippen LogP contribution in [0.15, 0.2) is 71.6 Å². The minimum Gasteiger partial charge on any atom is -0.493 e. The number of hydrogen-bond donors (Lipinski definition) is 1. The van der Waals surface area contributed by atoms with Crippen molar-refractivity contribution in [3.05, 3.63) is 82.3 Å². The van der Waals surface area contributed by atoms with Gasteiger partial charge in [0, 0.05) is 34.3 Å². The zero-order chi connectivity index (χ0) is 31.7. The lowest BCUT2D eigenvalue weighted by Gasteiger charge is -2.34. The van der Waals surface area contributed by atoms with Crippen LogP contribution in [0.5, 0.6) is 11.5 Å². The van der Waals surface area contributed by atoms with Crippen molar-refractivity contribution in [2.75, 3.05) is 25.1 Å². The summed E-state index contributed by atoms with van der Waals surface area (Å²) in [4.78, 5) is 28.9. The number of nitrogens with zero attached hydrogens (tertiary/aromatic N) is 2. The molecule has 0 fully saturated rings. The summed E-state index contributed by atoms with van der Waals surface area (Å²) in [5.41, 5.74) is 0.710. The van der Waals surface area contributed by atoms with Crippen molar-refractivity contribution in [1.82, 2.24) is 10.2 Å². The lowest BCUT2D eigenvalue weighted by atomic mass is 10.1. The number of ether oxygens (including phenoxy) is 2. The van der Waals surface area contributed by atoms with Gasteiger partial charge in [-0.25, -0.2) is 8.42 Å². The zero-order valence-electron chi connectivity index (χ0n) is 24.8. The highest BCUT2D eigenvalue weighted by Gasteiger charge is 2.35. The molecule has 0 spiro atoms. The Morgan fingerprint density at radius 3 is 2.07 bits per heavy atom. The molecule has 3 rings (SSSR count). The Balaban J connectivity index is 2.11. The number of methoxy groups -OCH3 is 2. The van der Waals surface area contributed by atoms with Crippen LogP contribution < -0.4 is 19.1 Å². The highest BCUT2D eigenvalue weighted by molar-refractivity contribution is 7.92. The Morgan fingerprint density at radius 2 is 1.51 bits per heavy atom. The fraction of sp³-hybridized carbons (Fsp3) is 0.355. The molecule has 232 valence electrons. The average molecular weight is 651 g/mol. The largest absolute Gasteiger partial charge is 0.493 e. The number of nitrogens with one attached hydrogen (secondary N) is 1. The van der Waals surface area contributed by atoms with Crippen molar-refractivity contribution in [2.24, 2.45) is 0 Å². The number of para-hydroxylation sites is 1. The molecule has 0 bridgehead atoms. The lowest BCUT2D eigenvalue weighted by Crippen LogP contribution is -2.53. The van der Waals surface area contributed by atoms with Gasteiger partial charge in [-0.15, -0.1) is 0 Å². The molecular formula is C31H37Cl2N3O6S. The van der Waals surface area contributed by atoms with E-state index >= 15 is 0 Å². The molecular weight excluding hydrogens is 613 g/mol. The molecule has 3 aromatic carbocycles. The van der Waals surface area contributed by atoms with Crippen molar-refractivity contribution >= 4 is 50.7 Å². The van der Waals surface area contributed by atoms with Crippen molar-refractivity contribution in [2.45, 2.75) is 57.1 Å². The van der Waals surface area contributed by atoms with Crippen LogP contribution in [-0.2, 0) is 26.2 Å². The highest BCUT2D eigenvalue weighted by Crippen LogP contribution is 2.33. The molecule has 2 amide bonds. The van der Waals surface area contributed by atoms with E-state index in [1.54, 1.807) is 55.5 Å². The minimum absolute atomic E-state index is 0.107. The Morgan fingerprint density at radius 1 is 0.884 bits per heavy atom. The quantitative estimate of drug-likeness (QED) is 0.232. The van der Waals surface area contributed by atoms with E-state index in [0.717, 1.165) is 4.31 Å². The molecule has 0 aliphatic heterocycles. The van der Waals surface area contributed by atoms with Crippen molar-refractivity contribution in [1.29, 1.82) is 0 Å². The van der Waals surface area contributed by atoms with E-state index in [1.165, 1.54) is 37.3 Å². The zero-order valence-corrected chi connectivity index (χ0v) is 27.2. The molecule has 3 aromatic rings. The number of amides is 2. The maximum absolute atomic E-state index is 14.2. The first-order valence-electron chi connectivity index (χ1n) is 13.8. The third-order valence-electron chi connectivity index (χ3n) is 7.04. The topological polar surface area (TPSA) is 105 Å². The van der Waals surface area contributed by atoms with Crippen LogP contribution in [0.1, 0.15) is 39.2 Å². The van der Waals surface area contributed by atoms with E-state index in [9.17, 15) is 18.0 Å². The van der Waals surface area contributed by atoms with Gasteiger partial charge in [0.05, 0.1) is 24.8 Å². The molecule has 43 heavy (non-hydrogen) atoms. The van der Waals surface area contributed by atoms with E-state index in [2.05, 4.69) is 5.32 Å². The SMILES string of the molecule is CC[C@@H](C)NC(=O)[C@H](CC)N(Cc1c(Cl)cccc1Cl)C(=O)CN(c1ccccc1)S(=O)(=O)c1ccc(OC)c(OC)c1. The molecule has 12 heteroatoms. The summed E-state index contributed by atoms with van der Waals surface area (Å²) in [6.45, 7) is 4.88. The molecule has 0 saturated carbocycles. The summed E-state index contributed by atoms with van der Waals surface area (Å²) >= 11 is 12.9. The number of sulfonamides is 1. The van der Waals surface area contributed by atoms with Crippen LogP contribution in [0.4, 0.5) is 5.69 Å². The van der Waals surface area contributed by atoms with Gasteiger partial charge in [-0.2, -0.15) is 0 Å². The predicted octanol–water partition coefficient (Wildman–Crippen LogP) is 5.93. The van der Waals surface area contributed by atoms with Crippen LogP contribution in [0.25, 0.3) is 0 Å². The molecule has 9 nitrogen and oxygen atoms in total. The standard InChI is InChI=1S/C31H37Cl2N3O6S/c1-6-21(3)34-31(38)27(7-2)35(19-24-25(32)14-11-15-26(24)33)30(37)20-36(22-12-9-8-10-13-22)43(39,40)23-16-17-28(41-4)29(18-23)42-5/h8-18,21,27H,6-7,19-20H2,1-5H3,(H,34,38)/t21-,27+/m1/s1. The van der Waals surface area contributed by atoms with Gasteiger partial charge >= 0.3 is 0 Å². The molecule has 0 saturated heterocycles. The van der Waals surface area contributed by atoms with Gasteiger partial charge in [-0.05, 0) is 56.2 Å². The highest BCUT2D eigenvalue weighted by atomic mass is 35.5. The molecule has 0 heterocycles. The lowest BCUT2D eigenvalue weighted by molar-refractivity contribution is -0.140. The number of anilines is 1. The molecule has 0 aromatic heterocycles. The summed E-state index contributed by atoms with van der Waals surface area (Å²) in [5, 5.41) is 3.58. The van der Waals surface area contributed by atoms with Crippen LogP contribution >= 0.6 is 23.2 Å². The second-order valence-corrected chi connectivity index (χ2v) is 12.5. The Kier molecular flexibility index (Phi) is 12.1. The number of carbonyl (C=O) groups excluding carboxylic acids is 2. The fourth-order valence-corrected chi connectivity index (χ4v) is 6.39. The second-order valence-electron chi connectivity index (χ2n) is 9.83. The maximum Gasteiger partial charge on any atom is 0.264 e. The number of benzene rings is 3. The summed E-state index contributed by atoms with van der Waals surface area (Å²) in [5.74, 6) is -0.409. The van der Waals surface area contributed by atoms with E-state index in [0.29, 0.717) is 27.8 Å². The van der Waals surface area contributed by atoms with Gasteiger partial charge in [0.25, 0.3) is 10.0 Å². The van der Waals surface area contributed by atoms with E-state index < -0.39 is 28.5 Å². The number of rotatable bonds is 14. The van der Waals surface area contributed by atoms with E-state index in [1.807, 2.05) is 13.8 Å². The Bertz CT molecular complexity index is 1500. The van der Waals surface area contributed by atoms with Crippen LogP contribution in [0, 0.1) is 0 Å². The van der Waals surface area contributed by atoms with Gasteiger partial charge in [0.15, 0.2) is 11.5 Å². The monoisotopic (exact) mass is 649 g/mol. The summed E-state index contributed by atoms with van der Waals surface area (Å²) < 4.78 is 39.8. The molecule has 2 atom stereocenters. The fourth-order valence-electron chi connectivity index (χ4n) is 4.44. The minimum atomic E-state index is -4.31. The summed E-state index contributed by atoms with van der Waals surface area (Å²) in [7, 11) is -1.46. The first-order chi connectivity index (χ1) is 20.5. The third kappa shape index (κ3) is 8.13. The smallest absolute Gasteiger partial charge is 0.264 e. The first kappa shape index (κ1) is 34.0. The number of carbonyl (C=O) groups is 2. The van der Waals surface area contributed by atoms with Gasteiger partial charge in [0.1, 0.15) is 12.6 Å². The van der Waals surface area contributed by atoms with Crippen molar-refractivity contribution in [3.63, 3.8) is 0 Å². The Labute approximate surface area is 263 Å². The van der Waals surface area contributed by atoms with Crippen LogP contribution in [-0.4, -0.2) is 58.0 Å². The number of hydrogen-bond acceptors (Lipinski definition) is 6. The summed E-state index contributed by atoms with van der Waals surface area (Å²) in [6, 6.07) is 16.4. The van der Waals surface area contributed by atoms with Gasteiger partial charge in [-0.1, -0.05) is 61.3 Å². The van der Waals surface area contributed by atoms with E-state index in [-0.39, 0.29) is 41.2 Å². The maximum atomic E-state index is 14.2. The first-order valence-corrected chi connectivity index (χ1v) is 16.0. The molecule has 0 aliphatic rings. The van der Waals surface area contributed by atoms with Gasteiger partial charge in [-0.3, -0.25) is 13.9 Å². The summed E-state index contributed by atoms with van der Waals surface area (Å²) in [6.07, 6.45) is 0.960. The number of halogens is 2. The predicted molar refractivity (Wildman–Crippen MR) is 170 cm³/mol. The average Bonchev–Trinajstić information content (AvgIpc) is 3.00. The molecule has 0 radical (unpaired) electrons. The van der Waals surface area contributed by atoms with Gasteiger partial charge in [0.2, 0.25) is 11.8 Å².